The van der Waals surface area contributed by atoms with Gasteiger partial charge in [-0.3, -0.25) is 0 Å². The molecule has 0 radical (unpaired) electrons. The van der Waals surface area contributed by atoms with E-state index >= 15 is 0 Å². The molecule has 2 heterocycles. The molecule has 0 spiro atoms. The number of quaternary nitrogens is 1. The smallest absolute Gasteiger partial charge is 0.177 e. The van der Waals surface area contributed by atoms with Gasteiger partial charge in [-0.1, -0.05) is 0 Å². The highest BCUT2D eigenvalue weighted by molar-refractivity contribution is 5.09. The van der Waals surface area contributed by atoms with Crippen molar-refractivity contribution in [2.75, 3.05) is 13.6 Å². The molecule has 0 aliphatic carbocycles. The minimum Gasteiger partial charge on any atom is -0.217 e. The van der Waals surface area contributed by atoms with Crippen LogP contribution in [0, 0.1) is 0 Å². The van der Waals surface area contributed by atoms with Gasteiger partial charge in [-0.15, -0.1) is 0 Å². The lowest BCUT2D eigenvalue weighted by atomic mass is 10.1. The Kier molecular flexibility index (Phi) is 2.29. The molecule has 76 valence electrons. The van der Waals surface area contributed by atoms with Crippen LogP contribution in [0.3, 0.4) is 0 Å². The van der Waals surface area contributed by atoms with E-state index in [1.165, 1.54) is 5.56 Å². The Morgan fingerprint density at radius 3 is 2.93 bits per heavy atom. The summed E-state index contributed by atoms with van der Waals surface area (Å²) in [6.45, 7) is 0.864. The van der Waals surface area contributed by atoms with Crippen molar-refractivity contribution in [3.63, 3.8) is 0 Å². The second-order valence-corrected chi connectivity index (χ2v) is 4.40. The fraction of sp³-hybridized carbons (Fsp3) is 0.545. The van der Waals surface area contributed by atoms with Gasteiger partial charge in [0.05, 0.1) is 12.6 Å². The molecule has 1 saturated heterocycles. The summed E-state index contributed by atoms with van der Waals surface area (Å²) in [4.78, 5) is 0. The van der Waals surface area contributed by atoms with Gasteiger partial charge in [0.25, 0.3) is 0 Å². The van der Waals surface area contributed by atoms with Crippen LogP contribution in [0.25, 0.3) is 0 Å². The number of nitrogens with zero attached hydrogens (tertiary/aromatic N) is 2. The molecular weight excluding hydrogens is 176 g/mol. The molecule has 1 N–H and O–H groups in total. The first-order valence-electron chi connectivity index (χ1n) is 5.13. The number of aromatic nitrogens is 1. The third-order valence-corrected chi connectivity index (χ3v) is 3.11. The van der Waals surface area contributed by atoms with E-state index in [0.29, 0.717) is 0 Å². The Labute approximate surface area is 84.8 Å². The molecule has 1 aliphatic heterocycles. The molecule has 14 heavy (non-hydrogen) atoms. The zero-order valence-corrected chi connectivity index (χ0v) is 8.85. The highest BCUT2D eigenvalue weighted by Crippen LogP contribution is 2.34. The predicted octanol–water partition coefficient (Wildman–Crippen LogP) is 1.18. The first kappa shape index (κ1) is 9.62. The Hall–Kier alpha value is -0.930. The van der Waals surface area contributed by atoms with Crippen LogP contribution in [-0.4, -0.2) is 23.4 Å². The lowest BCUT2D eigenvalue weighted by Gasteiger charge is -2.26. The van der Waals surface area contributed by atoms with E-state index in [2.05, 4.69) is 12.3 Å². The molecule has 0 saturated carbocycles. The Bertz CT molecular complexity index is 336. The van der Waals surface area contributed by atoms with Gasteiger partial charge in [-0.2, -0.15) is 4.65 Å². The Morgan fingerprint density at radius 1 is 1.57 bits per heavy atom. The van der Waals surface area contributed by atoms with Crippen LogP contribution in [0.15, 0.2) is 24.5 Å². The average molecular weight is 194 g/mol. The third-order valence-electron chi connectivity index (χ3n) is 3.11. The van der Waals surface area contributed by atoms with Gasteiger partial charge in [0.15, 0.2) is 12.4 Å². The summed E-state index contributed by atoms with van der Waals surface area (Å²) in [6, 6.07) is 4.39. The fourth-order valence-corrected chi connectivity index (χ4v) is 2.33. The first-order valence-corrected chi connectivity index (χ1v) is 5.13. The molecule has 3 heteroatoms. The molecule has 1 aromatic rings. The van der Waals surface area contributed by atoms with E-state index in [-0.39, 0.29) is 10.7 Å². The highest BCUT2D eigenvalue weighted by Gasteiger charge is 2.39. The summed E-state index contributed by atoms with van der Waals surface area (Å²) < 4.78 is 2.18. The molecule has 0 bridgehead atoms. The van der Waals surface area contributed by atoms with Crippen molar-refractivity contribution in [3.8, 4) is 0 Å². The van der Waals surface area contributed by atoms with Gasteiger partial charge < -0.3 is 0 Å². The van der Waals surface area contributed by atoms with Crippen molar-refractivity contribution >= 4 is 0 Å². The standard InChI is InChI=1S/C11H18N2O/c1-12-7-3-5-10(9-12)11-6-4-8-13(11,2)14/h3,5,7,9,11,14H,4,6,8H2,1-2H3/q+2. The molecule has 1 aromatic heterocycles. The van der Waals surface area contributed by atoms with Crippen molar-refractivity contribution < 1.29 is 14.4 Å². The minimum atomic E-state index is 0.143. The van der Waals surface area contributed by atoms with Crippen LogP contribution < -0.4 is 4.57 Å². The van der Waals surface area contributed by atoms with E-state index < -0.39 is 0 Å². The first-order chi connectivity index (χ1) is 6.59. The quantitative estimate of drug-likeness (QED) is 0.527. The van der Waals surface area contributed by atoms with Crippen LogP contribution in [0.1, 0.15) is 24.4 Å². The van der Waals surface area contributed by atoms with Gasteiger partial charge in [0, 0.05) is 18.9 Å². The van der Waals surface area contributed by atoms with Crippen LogP contribution >= 0.6 is 0 Å². The topological polar surface area (TPSA) is 24.1 Å². The average Bonchev–Trinajstić information content (AvgIpc) is 2.45. The lowest BCUT2D eigenvalue weighted by molar-refractivity contribution is -1.10. The molecule has 1 aliphatic rings. The van der Waals surface area contributed by atoms with Gasteiger partial charge >= 0.3 is 0 Å². The molecule has 2 rings (SSSR count). The third kappa shape index (κ3) is 1.65. The number of rotatable bonds is 1. The van der Waals surface area contributed by atoms with Crippen molar-refractivity contribution in [1.29, 1.82) is 0 Å². The van der Waals surface area contributed by atoms with Crippen LogP contribution in [0.4, 0.5) is 0 Å². The predicted molar refractivity (Wildman–Crippen MR) is 52.4 cm³/mol. The van der Waals surface area contributed by atoms with Crippen molar-refractivity contribution in [2.45, 2.75) is 18.9 Å². The summed E-state index contributed by atoms with van der Waals surface area (Å²) in [5.41, 5.74) is 1.23. The van der Waals surface area contributed by atoms with Crippen molar-refractivity contribution in [2.24, 2.45) is 7.05 Å². The van der Waals surface area contributed by atoms with Crippen molar-refractivity contribution in [3.05, 3.63) is 30.1 Å². The zero-order chi connectivity index (χ0) is 10.2. The van der Waals surface area contributed by atoms with Crippen LogP contribution in [0.2, 0.25) is 0 Å². The molecule has 3 nitrogen and oxygen atoms in total. The molecule has 0 aromatic carbocycles. The number of likely N-dealkylation sites (tertiary alicyclic amines) is 1. The molecular formula is C11H18N2O+2. The second-order valence-electron chi connectivity index (χ2n) is 4.40. The van der Waals surface area contributed by atoms with Crippen LogP contribution in [0.5, 0.6) is 0 Å². The van der Waals surface area contributed by atoms with E-state index in [4.69, 9.17) is 0 Å². The van der Waals surface area contributed by atoms with Gasteiger partial charge in [0.2, 0.25) is 0 Å². The van der Waals surface area contributed by atoms with E-state index in [0.717, 1.165) is 19.4 Å². The summed E-state index contributed by atoms with van der Waals surface area (Å²) in [6.07, 6.45) is 6.30. The van der Waals surface area contributed by atoms with E-state index in [1.807, 2.05) is 30.9 Å². The monoisotopic (exact) mass is 194 g/mol. The zero-order valence-electron chi connectivity index (χ0n) is 8.85. The number of aryl methyl sites for hydroxylation is 1. The SMILES string of the molecule is C[n+]1cccc(C2CCC[N+]2(C)O)c1. The fourth-order valence-electron chi connectivity index (χ4n) is 2.33. The summed E-state index contributed by atoms with van der Waals surface area (Å²) in [5.74, 6) is 0. The van der Waals surface area contributed by atoms with Crippen molar-refractivity contribution in [1.82, 2.24) is 0 Å². The second kappa shape index (κ2) is 3.33. The summed E-state index contributed by atoms with van der Waals surface area (Å²) >= 11 is 0. The summed E-state index contributed by atoms with van der Waals surface area (Å²) in [7, 11) is 3.91. The van der Waals surface area contributed by atoms with E-state index in [1.54, 1.807) is 0 Å². The minimum absolute atomic E-state index is 0.143. The molecule has 1 fully saturated rings. The van der Waals surface area contributed by atoms with Gasteiger partial charge in [-0.05, 0) is 6.07 Å². The van der Waals surface area contributed by atoms with Crippen LogP contribution in [-0.2, 0) is 7.05 Å². The largest absolute Gasteiger partial charge is 0.217 e. The molecule has 2 atom stereocenters. The summed E-state index contributed by atoms with van der Waals surface area (Å²) in [5, 5.41) is 10.1. The Balaban J connectivity index is 2.31. The maximum atomic E-state index is 10.1. The maximum Gasteiger partial charge on any atom is 0.177 e. The number of hydroxylamine groups is 3. The number of hydrogen-bond donors (Lipinski definition) is 1. The highest BCUT2D eigenvalue weighted by atomic mass is 16.5. The molecule has 2 unspecified atom stereocenters. The number of pyridine rings is 1. The van der Waals surface area contributed by atoms with Gasteiger partial charge in [0.1, 0.15) is 19.6 Å². The lowest BCUT2D eigenvalue weighted by Crippen LogP contribution is -2.40. The van der Waals surface area contributed by atoms with Gasteiger partial charge in [-0.25, -0.2) is 9.77 Å². The maximum absolute atomic E-state index is 10.1. The molecule has 0 amide bonds. The Morgan fingerprint density at radius 2 is 2.36 bits per heavy atom. The van der Waals surface area contributed by atoms with E-state index in [9.17, 15) is 5.21 Å². The normalized spacial score (nSPS) is 32.1. The number of hydrogen-bond acceptors (Lipinski definition) is 1.